The largest absolute Gasteiger partial charge is 0.691 e. The van der Waals surface area contributed by atoms with Crippen LogP contribution in [0, 0.1) is 6.92 Å². The Bertz CT molecular complexity index is 444. The number of rotatable bonds is 3. The third kappa shape index (κ3) is 7.23. The van der Waals surface area contributed by atoms with Gasteiger partial charge in [0.1, 0.15) is 0 Å². The lowest BCUT2D eigenvalue weighted by atomic mass is 10.4. The van der Waals surface area contributed by atoms with E-state index in [-0.39, 0.29) is 5.56 Å². The van der Waals surface area contributed by atoms with E-state index < -0.39 is 5.69 Å². The summed E-state index contributed by atoms with van der Waals surface area (Å²) in [4.78, 5) is 10.9. The van der Waals surface area contributed by atoms with Crippen LogP contribution >= 0.6 is 18.3 Å². The van der Waals surface area contributed by atoms with E-state index >= 15 is 0 Å². The van der Waals surface area contributed by atoms with Crippen molar-refractivity contribution in [3.8, 4) is 0 Å². The highest BCUT2D eigenvalue weighted by atomic mass is 32.9. The highest BCUT2D eigenvalue weighted by Crippen LogP contribution is 2.43. The van der Waals surface area contributed by atoms with E-state index in [4.69, 9.17) is 0 Å². The molecule has 1 aromatic heterocycles. The van der Waals surface area contributed by atoms with Gasteiger partial charge in [0.25, 0.3) is 5.56 Å². The van der Waals surface area contributed by atoms with Gasteiger partial charge in [-0.15, -0.1) is 0 Å². The fourth-order valence-electron chi connectivity index (χ4n) is 0.727. The Balaban J connectivity index is 0.000000325. The van der Waals surface area contributed by atoms with Gasteiger partial charge in [-0.05, 0) is 13.0 Å². The van der Waals surface area contributed by atoms with Crippen LogP contribution in [-0.4, -0.2) is 24.0 Å². The van der Waals surface area contributed by atoms with E-state index in [9.17, 15) is 4.79 Å². The zero-order chi connectivity index (χ0) is 13.5. The second-order valence-electron chi connectivity index (χ2n) is 2.77. The number of aryl methyl sites for hydroxylation is 1. The van der Waals surface area contributed by atoms with Crippen molar-refractivity contribution in [3.05, 3.63) is 28.2 Å². The summed E-state index contributed by atoms with van der Waals surface area (Å²) in [5.74, 6) is 0.334. The summed E-state index contributed by atoms with van der Waals surface area (Å²) < 4.78 is 10.5. The summed E-state index contributed by atoms with van der Waals surface area (Å²) in [6.07, 6.45) is 0. The Morgan fingerprint density at radius 2 is 2.06 bits per heavy atom. The molecule has 1 rings (SSSR count). The van der Waals surface area contributed by atoms with Crippen LogP contribution in [0.25, 0.3) is 0 Å². The van der Waals surface area contributed by atoms with E-state index in [0.29, 0.717) is 5.88 Å². The summed E-state index contributed by atoms with van der Waals surface area (Å²) in [6.45, 7) is 1.83. The van der Waals surface area contributed by atoms with Crippen LogP contribution in [0.3, 0.4) is 0 Å². The monoisotopic (exact) mass is 313 g/mol. The zero-order valence-electron chi connectivity index (χ0n) is 9.69. The molecule has 0 saturated carbocycles. The lowest BCUT2D eigenvalue weighted by Gasteiger charge is -2.22. The minimum atomic E-state index is -2.24. The van der Waals surface area contributed by atoms with Gasteiger partial charge in [-0.2, -0.15) is 17.7 Å². The Morgan fingerprint density at radius 1 is 1.53 bits per heavy atom. The standard InChI is InChI=1S/C6H8N2OS.C2H7O2PS2/c1-5-2-3-6(9)8(4-10)7-5;1-3-5(6,7)4-2/h2-3,10H,4H2,1H3;1-2H3,(H,6,7)/p-1. The fraction of sp³-hybridized carbons (Fsp3) is 0.500. The molecule has 0 aliphatic rings. The molecule has 0 saturated heterocycles. The quantitative estimate of drug-likeness (QED) is 0.518. The Morgan fingerprint density at radius 3 is 2.35 bits per heavy atom. The third-order valence-corrected chi connectivity index (χ3v) is 4.53. The summed E-state index contributed by atoms with van der Waals surface area (Å²) in [7, 11) is 2.91. The Labute approximate surface area is 116 Å². The molecule has 0 aliphatic heterocycles. The molecule has 9 heteroatoms. The van der Waals surface area contributed by atoms with Crippen LogP contribution in [-0.2, 0) is 39.0 Å². The Hall–Kier alpha value is 0.150. The van der Waals surface area contributed by atoms with Crippen LogP contribution in [0.5, 0.6) is 0 Å². The van der Waals surface area contributed by atoms with Crippen LogP contribution in [0.15, 0.2) is 16.9 Å². The van der Waals surface area contributed by atoms with E-state index in [1.807, 2.05) is 6.92 Å². The number of hydrogen-bond donors (Lipinski definition) is 1. The van der Waals surface area contributed by atoms with Gasteiger partial charge in [0.2, 0.25) is 0 Å². The van der Waals surface area contributed by atoms with Crippen molar-refractivity contribution < 1.29 is 9.05 Å². The predicted molar refractivity (Wildman–Crippen MR) is 77.9 cm³/mol. The van der Waals surface area contributed by atoms with Crippen molar-refractivity contribution in [1.29, 1.82) is 0 Å². The number of hydrogen-bond acceptors (Lipinski definition) is 7. The summed E-state index contributed by atoms with van der Waals surface area (Å²) in [5, 5.41) is 3.92. The van der Waals surface area contributed by atoms with Gasteiger partial charge in [-0.3, -0.25) is 4.79 Å². The van der Waals surface area contributed by atoms with Gasteiger partial charge < -0.3 is 21.3 Å². The average Bonchev–Trinajstić information content (AvgIpc) is 2.33. The predicted octanol–water partition coefficient (Wildman–Crippen LogP) is 1.49. The number of thiol groups is 1. The van der Waals surface area contributed by atoms with Crippen LogP contribution in [0.4, 0.5) is 0 Å². The maximum absolute atomic E-state index is 10.9. The fourth-order valence-corrected chi connectivity index (χ4v) is 1.08. The molecule has 0 aromatic carbocycles. The molecule has 0 unspecified atom stereocenters. The minimum absolute atomic E-state index is 0.111. The highest BCUT2D eigenvalue weighted by Gasteiger charge is 1.92. The van der Waals surface area contributed by atoms with Gasteiger partial charge in [0.05, 0.1) is 17.3 Å². The molecule has 0 amide bonds. The minimum Gasteiger partial charge on any atom is -0.691 e. The van der Waals surface area contributed by atoms with Crippen molar-refractivity contribution in [2.45, 2.75) is 12.8 Å². The lowest BCUT2D eigenvalue weighted by Crippen LogP contribution is -2.20. The highest BCUT2D eigenvalue weighted by molar-refractivity contribution is 8.51. The van der Waals surface area contributed by atoms with Gasteiger partial charge in [0, 0.05) is 20.3 Å². The molecule has 98 valence electrons. The molecule has 0 bridgehead atoms. The first-order valence-electron chi connectivity index (χ1n) is 4.44. The van der Waals surface area contributed by atoms with E-state index in [0.717, 1.165) is 5.69 Å². The second kappa shape index (κ2) is 8.29. The molecule has 5 nitrogen and oxygen atoms in total. The van der Waals surface area contributed by atoms with E-state index in [2.05, 4.69) is 50.8 Å². The van der Waals surface area contributed by atoms with Crippen molar-refractivity contribution in [3.63, 3.8) is 0 Å². The molecular weight excluding hydrogens is 299 g/mol. The van der Waals surface area contributed by atoms with Crippen LogP contribution < -0.4 is 5.56 Å². The van der Waals surface area contributed by atoms with Gasteiger partial charge >= 0.3 is 0 Å². The third-order valence-electron chi connectivity index (χ3n) is 1.58. The molecule has 0 fully saturated rings. The molecule has 17 heavy (non-hydrogen) atoms. The molecule has 0 aliphatic carbocycles. The molecule has 1 aromatic rings. The second-order valence-corrected chi connectivity index (χ2v) is 8.25. The smallest absolute Gasteiger partial charge is 0.267 e. The van der Waals surface area contributed by atoms with Crippen molar-refractivity contribution in [2.24, 2.45) is 0 Å². The van der Waals surface area contributed by atoms with Gasteiger partial charge in [-0.1, -0.05) is 11.8 Å². The normalized spacial score (nSPS) is 10.6. The van der Waals surface area contributed by atoms with Crippen LogP contribution in [0.2, 0.25) is 0 Å². The van der Waals surface area contributed by atoms with E-state index in [1.165, 1.54) is 25.0 Å². The first kappa shape index (κ1) is 17.2. The molecule has 0 N–H and O–H groups in total. The summed E-state index contributed by atoms with van der Waals surface area (Å²) in [6, 6.07) is 3.17. The van der Waals surface area contributed by atoms with Crippen molar-refractivity contribution in [1.82, 2.24) is 9.78 Å². The Kier molecular flexibility index (Phi) is 8.36. The first-order chi connectivity index (χ1) is 7.86. The molecule has 0 spiro atoms. The lowest BCUT2D eigenvalue weighted by molar-refractivity contribution is 0.354. The number of nitrogens with zero attached hydrogens (tertiary/aromatic N) is 2. The molecule has 1 heterocycles. The average molecular weight is 313 g/mol. The maximum Gasteiger partial charge on any atom is 0.267 e. The van der Waals surface area contributed by atoms with Gasteiger partial charge in [-0.25, -0.2) is 4.68 Å². The van der Waals surface area contributed by atoms with Crippen molar-refractivity contribution in [2.75, 3.05) is 14.2 Å². The topological polar surface area (TPSA) is 53.4 Å². The zero-order valence-corrected chi connectivity index (χ0v) is 13.1. The van der Waals surface area contributed by atoms with Crippen LogP contribution in [0.1, 0.15) is 5.69 Å². The first-order valence-corrected chi connectivity index (χ1v) is 8.73. The maximum atomic E-state index is 10.9. The summed E-state index contributed by atoms with van der Waals surface area (Å²) >= 11 is 13.2. The molecular formula is C8H14N2O3PS3-. The number of aromatic nitrogens is 2. The van der Waals surface area contributed by atoms with E-state index in [1.54, 1.807) is 6.07 Å². The summed E-state index contributed by atoms with van der Waals surface area (Å²) in [5.41, 5.74) is -1.52. The molecule has 0 atom stereocenters. The van der Waals surface area contributed by atoms with Gasteiger partial charge in [0.15, 0.2) is 0 Å². The molecule has 0 radical (unpaired) electrons. The SMILES string of the molecule is COP(=S)([S-])OC.Cc1ccc(=O)n(CS)n1. The van der Waals surface area contributed by atoms with Crippen molar-refractivity contribution >= 4 is 42.4 Å².